The summed E-state index contributed by atoms with van der Waals surface area (Å²) in [7, 11) is 1.69. The Morgan fingerprint density at radius 2 is 1.88 bits per heavy atom. The molecule has 0 saturated carbocycles. The van der Waals surface area contributed by atoms with Crippen LogP contribution in [-0.2, 0) is 16.1 Å². The third-order valence-electron chi connectivity index (χ3n) is 3.84. The molecule has 0 radical (unpaired) electrons. The molecular weight excluding hydrogens is 318 g/mol. The third kappa shape index (κ3) is 3.85. The van der Waals surface area contributed by atoms with E-state index >= 15 is 0 Å². The van der Waals surface area contributed by atoms with E-state index in [0.717, 1.165) is 5.56 Å². The van der Waals surface area contributed by atoms with E-state index in [0.29, 0.717) is 12.2 Å². The molecule has 3 aromatic rings. The fourth-order valence-corrected chi connectivity index (χ4v) is 2.55. The normalized spacial score (nSPS) is 11.9. The number of likely N-dealkylation sites (N-methyl/N-ethyl adjacent to an activating group) is 1. The lowest BCUT2D eigenvalue weighted by Crippen LogP contribution is -2.37. The SMILES string of the molecule is C[C@@H](OC(=O)c1cn2ccccc2n1)C(=O)N(C)Cc1ccccc1. The van der Waals surface area contributed by atoms with Crippen molar-refractivity contribution in [3.63, 3.8) is 0 Å². The first-order chi connectivity index (χ1) is 12.0. The Morgan fingerprint density at radius 1 is 1.16 bits per heavy atom. The topological polar surface area (TPSA) is 63.9 Å². The second-order valence-electron chi connectivity index (χ2n) is 5.82. The van der Waals surface area contributed by atoms with E-state index in [-0.39, 0.29) is 11.6 Å². The number of pyridine rings is 1. The maximum Gasteiger partial charge on any atom is 0.359 e. The van der Waals surface area contributed by atoms with Gasteiger partial charge in [-0.1, -0.05) is 36.4 Å². The molecule has 0 bridgehead atoms. The molecule has 6 nitrogen and oxygen atoms in total. The molecule has 6 heteroatoms. The zero-order valence-corrected chi connectivity index (χ0v) is 14.1. The van der Waals surface area contributed by atoms with Crippen LogP contribution in [0.1, 0.15) is 23.0 Å². The number of aromatic nitrogens is 2. The highest BCUT2D eigenvalue weighted by Gasteiger charge is 2.23. The van der Waals surface area contributed by atoms with Gasteiger partial charge in [0.15, 0.2) is 11.8 Å². The van der Waals surface area contributed by atoms with Crippen molar-refractivity contribution >= 4 is 17.5 Å². The Labute approximate surface area is 145 Å². The summed E-state index contributed by atoms with van der Waals surface area (Å²) in [5, 5.41) is 0. The highest BCUT2D eigenvalue weighted by Crippen LogP contribution is 2.10. The van der Waals surface area contributed by atoms with Crippen molar-refractivity contribution in [1.29, 1.82) is 0 Å². The number of fused-ring (bicyclic) bond motifs is 1. The lowest BCUT2D eigenvalue weighted by atomic mass is 10.2. The molecule has 0 aliphatic heterocycles. The summed E-state index contributed by atoms with van der Waals surface area (Å²) in [6.07, 6.45) is 2.50. The Morgan fingerprint density at radius 3 is 2.60 bits per heavy atom. The molecule has 1 aromatic carbocycles. The van der Waals surface area contributed by atoms with Gasteiger partial charge in [-0.15, -0.1) is 0 Å². The van der Waals surface area contributed by atoms with E-state index in [1.54, 1.807) is 36.8 Å². The largest absolute Gasteiger partial charge is 0.448 e. The van der Waals surface area contributed by atoms with Gasteiger partial charge in [-0.25, -0.2) is 9.78 Å². The molecule has 0 N–H and O–H groups in total. The number of hydrogen-bond acceptors (Lipinski definition) is 4. The van der Waals surface area contributed by atoms with Gasteiger partial charge in [0.1, 0.15) is 5.65 Å². The Bertz CT molecular complexity index is 856. The maximum absolute atomic E-state index is 12.4. The van der Waals surface area contributed by atoms with Gasteiger partial charge >= 0.3 is 5.97 Å². The lowest BCUT2D eigenvalue weighted by molar-refractivity contribution is -0.139. The first-order valence-corrected chi connectivity index (χ1v) is 7.98. The second-order valence-corrected chi connectivity index (χ2v) is 5.82. The van der Waals surface area contributed by atoms with Gasteiger partial charge in [0.05, 0.1) is 0 Å². The van der Waals surface area contributed by atoms with Crippen LogP contribution in [0.4, 0.5) is 0 Å². The predicted octanol–water partition coefficient (Wildman–Crippen LogP) is 2.54. The summed E-state index contributed by atoms with van der Waals surface area (Å²) in [5.41, 5.74) is 1.84. The molecule has 1 amide bonds. The summed E-state index contributed by atoms with van der Waals surface area (Å²) in [4.78, 5) is 30.4. The Kier molecular flexibility index (Phi) is 4.79. The maximum atomic E-state index is 12.4. The van der Waals surface area contributed by atoms with E-state index in [1.807, 2.05) is 42.5 Å². The van der Waals surface area contributed by atoms with E-state index in [9.17, 15) is 9.59 Å². The van der Waals surface area contributed by atoms with Gasteiger partial charge in [0.2, 0.25) is 0 Å². The molecular formula is C19H19N3O3. The van der Waals surface area contributed by atoms with E-state index in [2.05, 4.69) is 4.98 Å². The van der Waals surface area contributed by atoms with Crippen LogP contribution in [0.2, 0.25) is 0 Å². The van der Waals surface area contributed by atoms with Gasteiger partial charge in [-0.2, -0.15) is 0 Å². The minimum Gasteiger partial charge on any atom is -0.448 e. The van der Waals surface area contributed by atoms with Crippen LogP contribution in [-0.4, -0.2) is 39.3 Å². The van der Waals surface area contributed by atoms with Crippen LogP contribution < -0.4 is 0 Å². The number of nitrogens with zero attached hydrogens (tertiary/aromatic N) is 3. The van der Waals surface area contributed by atoms with Crippen LogP contribution in [0.5, 0.6) is 0 Å². The summed E-state index contributed by atoms with van der Waals surface area (Å²) in [6, 6.07) is 15.1. The molecule has 2 aromatic heterocycles. The summed E-state index contributed by atoms with van der Waals surface area (Å²) >= 11 is 0. The molecule has 3 rings (SSSR count). The summed E-state index contributed by atoms with van der Waals surface area (Å²) < 4.78 is 7.01. The Balaban J connectivity index is 1.63. The number of carbonyl (C=O) groups is 2. The van der Waals surface area contributed by atoms with Crippen molar-refractivity contribution in [3.05, 3.63) is 72.2 Å². The zero-order chi connectivity index (χ0) is 17.8. The van der Waals surface area contributed by atoms with E-state index in [1.165, 1.54) is 4.90 Å². The fourth-order valence-electron chi connectivity index (χ4n) is 2.55. The van der Waals surface area contributed by atoms with Crippen molar-refractivity contribution in [2.45, 2.75) is 19.6 Å². The number of benzene rings is 1. The highest BCUT2D eigenvalue weighted by atomic mass is 16.5. The number of rotatable bonds is 5. The number of hydrogen-bond donors (Lipinski definition) is 0. The van der Waals surface area contributed by atoms with Gasteiger partial charge < -0.3 is 14.0 Å². The highest BCUT2D eigenvalue weighted by molar-refractivity contribution is 5.91. The van der Waals surface area contributed by atoms with Crippen molar-refractivity contribution in [2.75, 3.05) is 7.05 Å². The molecule has 0 aliphatic carbocycles. The monoisotopic (exact) mass is 337 g/mol. The molecule has 0 spiro atoms. The van der Waals surface area contributed by atoms with Gasteiger partial charge in [0.25, 0.3) is 5.91 Å². The van der Waals surface area contributed by atoms with E-state index < -0.39 is 12.1 Å². The average molecular weight is 337 g/mol. The average Bonchev–Trinajstić information content (AvgIpc) is 3.06. The number of amides is 1. The number of ether oxygens (including phenoxy) is 1. The minimum atomic E-state index is -0.883. The standard InChI is InChI=1S/C19H19N3O3/c1-14(18(23)21(2)12-15-8-4-3-5-9-15)25-19(24)16-13-22-11-7-6-10-17(22)20-16/h3-11,13-14H,12H2,1-2H3/t14-/m1/s1. The molecule has 25 heavy (non-hydrogen) atoms. The summed E-state index contributed by atoms with van der Waals surface area (Å²) in [5.74, 6) is -0.876. The van der Waals surface area contributed by atoms with Crippen LogP contribution in [0.25, 0.3) is 5.65 Å². The van der Waals surface area contributed by atoms with E-state index in [4.69, 9.17) is 4.74 Å². The third-order valence-corrected chi connectivity index (χ3v) is 3.84. The first kappa shape index (κ1) is 16.7. The predicted molar refractivity (Wildman–Crippen MR) is 93.0 cm³/mol. The van der Waals surface area contributed by atoms with Gasteiger partial charge in [-0.05, 0) is 24.6 Å². The van der Waals surface area contributed by atoms with Gasteiger partial charge in [-0.3, -0.25) is 4.79 Å². The lowest BCUT2D eigenvalue weighted by Gasteiger charge is -2.21. The smallest absolute Gasteiger partial charge is 0.359 e. The first-order valence-electron chi connectivity index (χ1n) is 7.98. The number of esters is 1. The van der Waals surface area contributed by atoms with Crippen molar-refractivity contribution < 1.29 is 14.3 Å². The second kappa shape index (κ2) is 7.17. The minimum absolute atomic E-state index is 0.177. The number of imidazole rings is 1. The quantitative estimate of drug-likeness (QED) is 0.671. The molecule has 0 unspecified atom stereocenters. The van der Waals surface area contributed by atoms with Crippen LogP contribution in [0, 0.1) is 0 Å². The number of carbonyl (C=O) groups excluding carboxylic acids is 2. The van der Waals surface area contributed by atoms with Crippen molar-refractivity contribution in [1.82, 2.24) is 14.3 Å². The zero-order valence-electron chi connectivity index (χ0n) is 14.1. The molecule has 128 valence electrons. The van der Waals surface area contributed by atoms with Gasteiger partial charge in [0, 0.05) is 26.0 Å². The van der Waals surface area contributed by atoms with Crippen molar-refractivity contribution in [2.24, 2.45) is 0 Å². The molecule has 0 fully saturated rings. The summed E-state index contributed by atoms with van der Waals surface area (Å²) in [6.45, 7) is 2.02. The fraction of sp³-hybridized carbons (Fsp3) is 0.211. The molecule has 0 saturated heterocycles. The van der Waals surface area contributed by atoms with Crippen LogP contribution in [0.15, 0.2) is 60.9 Å². The molecule has 1 atom stereocenters. The van der Waals surface area contributed by atoms with Crippen LogP contribution >= 0.6 is 0 Å². The molecule has 2 heterocycles. The Hall–Kier alpha value is -3.15. The van der Waals surface area contributed by atoms with Crippen LogP contribution in [0.3, 0.4) is 0 Å². The molecule has 0 aliphatic rings. The van der Waals surface area contributed by atoms with Crippen molar-refractivity contribution in [3.8, 4) is 0 Å².